The van der Waals surface area contributed by atoms with Crippen LogP contribution in [0.4, 0.5) is 0 Å². The van der Waals surface area contributed by atoms with E-state index in [1.807, 2.05) is 37.4 Å². The molecule has 0 spiro atoms. The van der Waals surface area contributed by atoms with Gasteiger partial charge in [-0.1, -0.05) is 37.5 Å². The van der Waals surface area contributed by atoms with Crippen LogP contribution in [0.3, 0.4) is 0 Å². The molecule has 4 rings (SSSR count). The second kappa shape index (κ2) is 9.60. The normalized spacial score (nSPS) is 14.5. The summed E-state index contributed by atoms with van der Waals surface area (Å²) in [5.74, 6) is 0. The Morgan fingerprint density at radius 3 is 2.68 bits per heavy atom. The van der Waals surface area contributed by atoms with E-state index < -0.39 is 0 Å². The van der Waals surface area contributed by atoms with Gasteiger partial charge in [-0.2, -0.15) is 0 Å². The van der Waals surface area contributed by atoms with Crippen LogP contribution in [0.25, 0.3) is 10.9 Å². The van der Waals surface area contributed by atoms with Gasteiger partial charge in [0.25, 0.3) is 5.56 Å². The molecule has 1 aromatic carbocycles. The van der Waals surface area contributed by atoms with Crippen LogP contribution < -0.4 is 10.9 Å². The number of fused-ring (bicyclic) bond motifs is 1. The molecule has 0 radical (unpaired) electrons. The minimum Gasteiger partial charge on any atom is -0.360 e. The average molecular weight is 435 g/mol. The van der Waals surface area contributed by atoms with Crippen LogP contribution >= 0.6 is 12.2 Å². The molecule has 1 aliphatic rings. The first-order chi connectivity index (χ1) is 15.0. The van der Waals surface area contributed by atoms with E-state index in [1.54, 1.807) is 6.20 Å². The highest BCUT2D eigenvalue weighted by molar-refractivity contribution is 7.80. The lowest BCUT2D eigenvalue weighted by Crippen LogP contribution is -2.45. The van der Waals surface area contributed by atoms with Crippen molar-refractivity contribution in [2.24, 2.45) is 0 Å². The summed E-state index contributed by atoms with van der Waals surface area (Å²) in [4.78, 5) is 22.4. The Morgan fingerprint density at radius 1 is 1.16 bits per heavy atom. The summed E-state index contributed by atoms with van der Waals surface area (Å²) in [5, 5.41) is 5.35. The van der Waals surface area contributed by atoms with Crippen molar-refractivity contribution in [1.82, 2.24) is 20.2 Å². The molecular weight excluding hydrogens is 404 g/mol. The highest BCUT2D eigenvalue weighted by Gasteiger charge is 2.19. The van der Waals surface area contributed by atoms with Crippen molar-refractivity contribution in [3.05, 3.63) is 75.3 Å². The lowest BCUT2D eigenvalue weighted by atomic mass is 9.96. The highest BCUT2D eigenvalue weighted by atomic mass is 32.1. The van der Waals surface area contributed by atoms with Crippen LogP contribution in [0.15, 0.2) is 47.5 Å². The van der Waals surface area contributed by atoms with Crippen LogP contribution in [0.1, 0.15) is 54.4 Å². The first-order valence-electron chi connectivity index (χ1n) is 11.1. The minimum absolute atomic E-state index is 0.0575. The molecule has 162 valence electrons. The summed E-state index contributed by atoms with van der Waals surface area (Å²) in [6.45, 7) is 5.16. The summed E-state index contributed by atoms with van der Waals surface area (Å²) >= 11 is 5.82. The maximum Gasteiger partial charge on any atom is 0.253 e. The quantitative estimate of drug-likeness (QED) is 0.568. The van der Waals surface area contributed by atoms with Crippen molar-refractivity contribution >= 4 is 28.2 Å². The second-order valence-electron chi connectivity index (χ2n) is 8.61. The van der Waals surface area contributed by atoms with E-state index in [9.17, 15) is 4.79 Å². The monoisotopic (exact) mass is 434 g/mol. The van der Waals surface area contributed by atoms with Gasteiger partial charge < -0.3 is 15.2 Å². The number of hydrogen-bond acceptors (Lipinski definition) is 3. The summed E-state index contributed by atoms with van der Waals surface area (Å²) in [7, 11) is 0. The maximum absolute atomic E-state index is 12.9. The number of H-pyrrole nitrogens is 1. The molecular formula is C25H30N4OS. The number of pyridine rings is 2. The first-order valence-corrected chi connectivity index (χ1v) is 11.5. The van der Waals surface area contributed by atoms with Gasteiger partial charge in [0, 0.05) is 35.9 Å². The molecule has 0 atom stereocenters. The molecule has 0 aliphatic heterocycles. The number of hydrogen-bond donors (Lipinski definition) is 2. The molecule has 2 N–H and O–H groups in total. The van der Waals surface area contributed by atoms with Crippen molar-refractivity contribution in [3.63, 3.8) is 0 Å². The number of nitrogens with one attached hydrogen (secondary N) is 2. The summed E-state index contributed by atoms with van der Waals surface area (Å²) in [6.07, 6.45) is 9.71. The molecule has 6 heteroatoms. The Hall–Kier alpha value is -2.73. The van der Waals surface area contributed by atoms with Crippen molar-refractivity contribution in [2.45, 2.75) is 65.1 Å². The van der Waals surface area contributed by atoms with Crippen LogP contribution in [0.2, 0.25) is 0 Å². The number of thiocarbonyl (C=S) groups is 1. The zero-order chi connectivity index (χ0) is 21.8. The third-order valence-electron chi connectivity index (χ3n) is 6.20. The van der Waals surface area contributed by atoms with Gasteiger partial charge in [-0.3, -0.25) is 9.78 Å². The van der Waals surface area contributed by atoms with Gasteiger partial charge in [-0.05, 0) is 67.7 Å². The number of aromatic nitrogens is 2. The van der Waals surface area contributed by atoms with Crippen LogP contribution in [-0.4, -0.2) is 26.0 Å². The van der Waals surface area contributed by atoms with Crippen molar-refractivity contribution in [2.75, 3.05) is 0 Å². The largest absolute Gasteiger partial charge is 0.360 e. The molecule has 0 bridgehead atoms. The molecule has 3 aromatic rings. The standard InChI is InChI=1S/C25H30N4OS/c1-17-10-11-18(2)23-22(17)13-20(24(30)28-23)16-29(15-19-7-6-12-26-14-19)25(31)27-21-8-4-3-5-9-21/h6-7,10-14,21H,3-5,8-9,15-16H2,1-2H3,(H,27,31)(H,28,30). The van der Waals surface area contributed by atoms with E-state index in [-0.39, 0.29) is 5.56 Å². The smallest absolute Gasteiger partial charge is 0.253 e. The predicted molar refractivity (Wildman–Crippen MR) is 130 cm³/mol. The summed E-state index contributed by atoms with van der Waals surface area (Å²) in [5.41, 5.74) is 4.87. The highest BCUT2D eigenvalue weighted by Crippen LogP contribution is 2.21. The van der Waals surface area contributed by atoms with Gasteiger partial charge in [0.05, 0.1) is 12.1 Å². The van der Waals surface area contributed by atoms with Gasteiger partial charge in [0.1, 0.15) is 0 Å². The Bertz CT molecular complexity index is 1120. The van der Waals surface area contributed by atoms with E-state index in [4.69, 9.17) is 12.2 Å². The van der Waals surface area contributed by atoms with Gasteiger partial charge in [-0.15, -0.1) is 0 Å². The molecule has 2 aromatic heterocycles. The Balaban J connectivity index is 1.63. The predicted octanol–water partition coefficient (Wildman–Crippen LogP) is 4.75. The molecule has 1 saturated carbocycles. The lowest BCUT2D eigenvalue weighted by Gasteiger charge is -2.31. The third-order valence-corrected chi connectivity index (χ3v) is 6.57. The molecule has 2 heterocycles. The van der Waals surface area contributed by atoms with Gasteiger partial charge in [-0.25, -0.2) is 0 Å². The zero-order valence-electron chi connectivity index (χ0n) is 18.3. The zero-order valence-corrected chi connectivity index (χ0v) is 19.1. The fourth-order valence-electron chi connectivity index (χ4n) is 4.37. The van der Waals surface area contributed by atoms with Gasteiger partial charge >= 0.3 is 0 Å². The number of rotatable bonds is 5. The van der Waals surface area contributed by atoms with Crippen molar-refractivity contribution < 1.29 is 0 Å². The minimum atomic E-state index is -0.0575. The molecule has 5 nitrogen and oxygen atoms in total. The van der Waals surface area contributed by atoms with E-state index in [2.05, 4.69) is 33.2 Å². The summed E-state index contributed by atoms with van der Waals surface area (Å²) < 4.78 is 0. The lowest BCUT2D eigenvalue weighted by molar-refractivity contribution is 0.362. The topological polar surface area (TPSA) is 61.0 Å². The summed E-state index contributed by atoms with van der Waals surface area (Å²) in [6, 6.07) is 10.6. The van der Waals surface area contributed by atoms with E-state index in [0.717, 1.165) is 46.0 Å². The molecule has 0 amide bonds. The Kier molecular flexibility index (Phi) is 6.66. The number of aryl methyl sites for hydroxylation is 2. The van der Waals surface area contributed by atoms with Gasteiger partial charge in [0.15, 0.2) is 5.11 Å². The van der Waals surface area contributed by atoms with Crippen LogP contribution in [0, 0.1) is 13.8 Å². The number of nitrogens with zero attached hydrogens (tertiary/aromatic N) is 2. The first kappa shape index (κ1) is 21.5. The van der Waals surface area contributed by atoms with E-state index >= 15 is 0 Å². The molecule has 0 saturated heterocycles. The third kappa shape index (κ3) is 5.13. The van der Waals surface area contributed by atoms with Crippen molar-refractivity contribution in [1.29, 1.82) is 0 Å². The fourth-order valence-corrected chi connectivity index (χ4v) is 4.66. The maximum atomic E-state index is 12.9. The SMILES string of the molecule is Cc1ccc(C)c2[nH]c(=O)c(CN(Cc3cccnc3)C(=S)NC3CCCCC3)cc12. The fraction of sp³-hybridized carbons (Fsp3) is 0.400. The molecule has 31 heavy (non-hydrogen) atoms. The Labute approximate surface area is 188 Å². The van der Waals surface area contributed by atoms with E-state index in [1.165, 1.54) is 19.3 Å². The van der Waals surface area contributed by atoms with E-state index in [0.29, 0.717) is 24.2 Å². The van der Waals surface area contributed by atoms with Crippen molar-refractivity contribution in [3.8, 4) is 0 Å². The Morgan fingerprint density at radius 2 is 1.94 bits per heavy atom. The molecule has 1 fully saturated rings. The van der Waals surface area contributed by atoms with Gasteiger partial charge in [0.2, 0.25) is 0 Å². The molecule has 0 unspecified atom stereocenters. The molecule has 1 aliphatic carbocycles. The van der Waals surface area contributed by atoms with Crippen LogP contribution in [-0.2, 0) is 13.1 Å². The number of aromatic amines is 1. The van der Waals surface area contributed by atoms with Crippen LogP contribution in [0.5, 0.6) is 0 Å². The number of benzene rings is 1. The second-order valence-corrected chi connectivity index (χ2v) is 9.00. The average Bonchev–Trinajstić information content (AvgIpc) is 2.78.